The molecule has 0 saturated heterocycles. The van der Waals surface area contributed by atoms with Gasteiger partial charge in [-0.1, -0.05) is 41.9 Å². The molecule has 0 aliphatic heterocycles. The maximum Gasteiger partial charge on any atom is 0.161 e. The Morgan fingerprint density at radius 1 is 1.24 bits per heavy atom. The van der Waals surface area contributed by atoms with Gasteiger partial charge in [-0.05, 0) is 30.7 Å². The van der Waals surface area contributed by atoms with Crippen LogP contribution in [0, 0.1) is 0 Å². The molecule has 2 aromatic rings. The van der Waals surface area contributed by atoms with E-state index in [1.807, 2.05) is 30.3 Å². The fourth-order valence-electron chi connectivity index (χ4n) is 2.19. The van der Waals surface area contributed by atoms with Crippen molar-refractivity contribution >= 4 is 17.4 Å². The van der Waals surface area contributed by atoms with Gasteiger partial charge in [0.15, 0.2) is 5.78 Å². The molecule has 2 rings (SSSR count). The first-order valence-electron chi connectivity index (χ1n) is 6.65. The number of methoxy groups -OCH3 is 1. The lowest BCUT2D eigenvalue weighted by Crippen LogP contribution is -2.42. The molecular formula is C17H18ClNO2. The number of hydrogen-bond acceptors (Lipinski definition) is 3. The third-order valence-electron chi connectivity index (χ3n) is 3.55. The number of ether oxygens (including phenoxy) is 1. The van der Waals surface area contributed by atoms with E-state index in [4.69, 9.17) is 22.1 Å². The summed E-state index contributed by atoms with van der Waals surface area (Å²) in [5.74, 6) is 0.547. The highest BCUT2D eigenvalue weighted by molar-refractivity contribution is 6.30. The molecule has 1 atom stereocenters. The monoisotopic (exact) mass is 303 g/mol. The Balaban J connectivity index is 2.27. The minimum absolute atomic E-state index is 0.0886. The van der Waals surface area contributed by atoms with Crippen molar-refractivity contribution in [3.05, 3.63) is 64.7 Å². The predicted octanol–water partition coefficient (Wildman–Crippen LogP) is 3.33. The number of ketones is 1. The van der Waals surface area contributed by atoms with Crippen molar-refractivity contribution in [3.63, 3.8) is 0 Å². The van der Waals surface area contributed by atoms with Crippen LogP contribution in [0.2, 0.25) is 5.02 Å². The van der Waals surface area contributed by atoms with E-state index in [2.05, 4.69) is 0 Å². The molecule has 110 valence electrons. The summed E-state index contributed by atoms with van der Waals surface area (Å²) in [5, 5.41) is 0.567. The van der Waals surface area contributed by atoms with Crippen molar-refractivity contribution in [1.29, 1.82) is 0 Å². The van der Waals surface area contributed by atoms with Crippen molar-refractivity contribution in [1.82, 2.24) is 0 Å². The highest BCUT2D eigenvalue weighted by Crippen LogP contribution is 2.26. The van der Waals surface area contributed by atoms with Crippen molar-refractivity contribution in [2.24, 2.45) is 5.73 Å². The first-order chi connectivity index (χ1) is 9.95. The number of halogens is 1. The van der Waals surface area contributed by atoms with Crippen LogP contribution in [-0.2, 0) is 16.8 Å². The molecule has 1 unspecified atom stereocenters. The first-order valence-corrected chi connectivity index (χ1v) is 7.03. The molecule has 0 aromatic heterocycles. The standard InChI is InChI=1S/C17H18ClNO2/c1-17(19,13-6-4-3-5-7-13)16(20)11-12-10-14(18)8-9-15(12)21-2/h3-10H,11,19H2,1-2H3. The molecule has 0 aliphatic carbocycles. The lowest BCUT2D eigenvalue weighted by atomic mass is 9.85. The third kappa shape index (κ3) is 3.43. The van der Waals surface area contributed by atoms with Gasteiger partial charge in [0.2, 0.25) is 0 Å². The second-order valence-electron chi connectivity index (χ2n) is 5.12. The minimum atomic E-state index is -1.05. The van der Waals surface area contributed by atoms with Crippen molar-refractivity contribution in [2.45, 2.75) is 18.9 Å². The van der Waals surface area contributed by atoms with Gasteiger partial charge >= 0.3 is 0 Å². The fraction of sp³-hybridized carbons (Fsp3) is 0.235. The number of carbonyl (C=O) groups is 1. The SMILES string of the molecule is COc1ccc(Cl)cc1CC(=O)C(C)(N)c1ccccc1. The van der Waals surface area contributed by atoms with E-state index >= 15 is 0 Å². The van der Waals surface area contributed by atoms with Gasteiger partial charge in [0.25, 0.3) is 0 Å². The van der Waals surface area contributed by atoms with E-state index in [9.17, 15) is 4.79 Å². The van der Waals surface area contributed by atoms with Crippen molar-refractivity contribution in [3.8, 4) is 5.75 Å². The lowest BCUT2D eigenvalue weighted by Gasteiger charge is -2.24. The Kier molecular flexibility index (Phi) is 4.66. The van der Waals surface area contributed by atoms with Gasteiger partial charge in [0.1, 0.15) is 5.75 Å². The molecule has 0 amide bonds. The summed E-state index contributed by atoms with van der Waals surface area (Å²) >= 11 is 5.99. The van der Waals surface area contributed by atoms with Crippen molar-refractivity contribution < 1.29 is 9.53 Å². The summed E-state index contributed by atoms with van der Waals surface area (Å²) in [5.41, 5.74) is 6.72. The molecule has 2 N–H and O–H groups in total. The summed E-state index contributed by atoms with van der Waals surface area (Å²) < 4.78 is 5.27. The zero-order chi connectivity index (χ0) is 15.5. The predicted molar refractivity (Wildman–Crippen MR) is 84.7 cm³/mol. The van der Waals surface area contributed by atoms with Crippen LogP contribution in [0.1, 0.15) is 18.1 Å². The molecule has 3 nitrogen and oxygen atoms in total. The number of carbonyl (C=O) groups excluding carboxylic acids is 1. The molecule has 0 spiro atoms. The largest absolute Gasteiger partial charge is 0.496 e. The van der Waals surface area contributed by atoms with Gasteiger partial charge < -0.3 is 10.5 Å². The third-order valence-corrected chi connectivity index (χ3v) is 3.78. The molecule has 2 aromatic carbocycles. The summed E-state index contributed by atoms with van der Waals surface area (Å²) in [6.45, 7) is 1.72. The van der Waals surface area contributed by atoms with E-state index in [0.717, 1.165) is 11.1 Å². The lowest BCUT2D eigenvalue weighted by molar-refractivity contribution is -0.123. The zero-order valence-electron chi connectivity index (χ0n) is 12.1. The molecule has 4 heteroatoms. The van der Waals surface area contributed by atoms with Crippen LogP contribution in [0.5, 0.6) is 5.75 Å². The average molecular weight is 304 g/mol. The van der Waals surface area contributed by atoms with Gasteiger partial charge in [-0.3, -0.25) is 4.79 Å². The number of rotatable bonds is 5. The van der Waals surface area contributed by atoms with E-state index in [1.165, 1.54) is 0 Å². The van der Waals surface area contributed by atoms with E-state index in [-0.39, 0.29) is 12.2 Å². The second kappa shape index (κ2) is 6.29. The molecule has 0 bridgehead atoms. The molecule has 0 radical (unpaired) electrons. The zero-order valence-corrected chi connectivity index (χ0v) is 12.9. The van der Waals surface area contributed by atoms with Crippen LogP contribution in [0.15, 0.2) is 48.5 Å². The van der Waals surface area contributed by atoms with Crippen LogP contribution in [0.3, 0.4) is 0 Å². The maximum atomic E-state index is 12.6. The smallest absolute Gasteiger partial charge is 0.161 e. The topological polar surface area (TPSA) is 52.3 Å². The van der Waals surface area contributed by atoms with E-state index in [1.54, 1.807) is 32.2 Å². The van der Waals surface area contributed by atoms with Crippen LogP contribution in [-0.4, -0.2) is 12.9 Å². The van der Waals surface area contributed by atoms with Crippen molar-refractivity contribution in [2.75, 3.05) is 7.11 Å². The minimum Gasteiger partial charge on any atom is -0.496 e. The summed E-state index contributed by atoms with van der Waals surface area (Å²) in [6, 6.07) is 14.6. The average Bonchev–Trinajstić information content (AvgIpc) is 2.48. The quantitative estimate of drug-likeness (QED) is 0.921. The first kappa shape index (κ1) is 15.5. The summed E-state index contributed by atoms with van der Waals surface area (Å²) in [7, 11) is 1.57. The highest BCUT2D eigenvalue weighted by Gasteiger charge is 2.30. The summed E-state index contributed by atoms with van der Waals surface area (Å²) in [4.78, 5) is 12.6. The van der Waals surface area contributed by atoms with E-state index in [0.29, 0.717) is 10.8 Å². The molecule has 0 saturated carbocycles. The number of benzene rings is 2. The summed E-state index contributed by atoms with van der Waals surface area (Å²) in [6.07, 6.45) is 0.172. The number of Topliss-reactive ketones (excluding diaryl/α,β-unsaturated/α-hetero) is 1. The highest BCUT2D eigenvalue weighted by atomic mass is 35.5. The van der Waals surface area contributed by atoms with Gasteiger partial charge in [0, 0.05) is 17.0 Å². The Bertz CT molecular complexity index is 638. The van der Waals surface area contributed by atoms with Crippen LogP contribution in [0.4, 0.5) is 0 Å². The molecule has 0 fully saturated rings. The molecule has 0 heterocycles. The number of nitrogens with two attached hydrogens (primary N) is 1. The number of hydrogen-bond donors (Lipinski definition) is 1. The van der Waals surface area contributed by atoms with Gasteiger partial charge in [-0.15, -0.1) is 0 Å². The molecule has 21 heavy (non-hydrogen) atoms. The van der Waals surface area contributed by atoms with Gasteiger partial charge in [0.05, 0.1) is 12.6 Å². The van der Waals surface area contributed by atoms with Gasteiger partial charge in [-0.2, -0.15) is 0 Å². The maximum absolute atomic E-state index is 12.6. The molecular weight excluding hydrogens is 286 g/mol. The molecule has 0 aliphatic rings. The van der Waals surface area contributed by atoms with Crippen LogP contribution < -0.4 is 10.5 Å². The van der Waals surface area contributed by atoms with Crippen LogP contribution in [0.25, 0.3) is 0 Å². The Morgan fingerprint density at radius 3 is 2.52 bits per heavy atom. The Labute approximate surface area is 129 Å². The second-order valence-corrected chi connectivity index (χ2v) is 5.56. The Morgan fingerprint density at radius 2 is 1.90 bits per heavy atom. The van der Waals surface area contributed by atoms with Crippen LogP contribution >= 0.6 is 11.6 Å². The van der Waals surface area contributed by atoms with Gasteiger partial charge in [-0.25, -0.2) is 0 Å². The van der Waals surface area contributed by atoms with E-state index < -0.39 is 5.54 Å². The normalized spacial score (nSPS) is 13.5. The Hall–Kier alpha value is -1.84. The fourth-order valence-corrected chi connectivity index (χ4v) is 2.38.